The van der Waals surface area contributed by atoms with Gasteiger partial charge in [-0.2, -0.15) is 0 Å². The minimum Gasteiger partial charge on any atom is -0.466 e. The zero-order valence-corrected chi connectivity index (χ0v) is 21.2. The fraction of sp³-hybridized carbons (Fsp3) is 0.577. The van der Waals surface area contributed by atoms with Gasteiger partial charge in [0.05, 0.1) is 42.7 Å². The summed E-state index contributed by atoms with van der Waals surface area (Å²) in [4.78, 5) is 44.3. The molecule has 0 aliphatic carbocycles. The van der Waals surface area contributed by atoms with Gasteiger partial charge in [-0.25, -0.2) is 4.68 Å². The molecule has 3 fully saturated rings. The Morgan fingerprint density at radius 2 is 2.16 bits per heavy atom. The van der Waals surface area contributed by atoms with Crippen molar-refractivity contribution in [2.45, 2.75) is 63.6 Å². The minimum atomic E-state index is -1.16. The highest BCUT2D eigenvalue weighted by molar-refractivity contribution is 5.98. The molecular weight excluding hydrogens is 478 g/mol. The largest absolute Gasteiger partial charge is 0.466 e. The van der Waals surface area contributed by atoms with Crippen LogP contribution in [-0.2, 0) is 30.5 Å². The maximum Gasteiger partial charge on any atom is 0.312 e. The third-order valence-electron chi connectivity index (χ3n) is 7.99. The molecule has 3 aliphatic rings. The van der Waals surface area contributed by atoms with Gasteiger partial charge in [-0.1, -0.05) is 30.3 Å². The van der Waals surface area contributed by atoms with E-state index in [2.05, 4.69) is 16.9 Å². The Bertz CT molecular complexity index is 1210. The summed E-state index contributed by atoms with van der Waals surface area (Å²) >= 11 is 0. The van der Waals surface area contributed by atoms with Crippen LogP contribution in [0.2, 0.25) is 0 Å². The average Bonchev–Trinajstić information content (AvgIpc) is 3.64. The SMILES string of the molecule is C=CCN(Cn1nnc2ccccc21)C(=O)[C@H]1N([C@@H](CC)CO)C(=O)[C@@H]2[C@@H](C(=O)OCC)[C@H]3CC[C@]21O3. The third kappa shape index (κ3) is 3.83. The lowest BCUT2D eigenvalue weighted by atomic mass is 9.70. The van der Waals surface area contributed by atoms with E-state index in [1.807, 2.05) is 31.2 Å². The Balaban J connectivity index is 1.55. The van der Waals surface area contributed by atoms with Crippen LogP contribution in [0.1, 0.15) is 33.1 Å². The quantitative estimate of drug-likeness (QED) is 0.371. The second-order valence-corrected chi connectivity index (χ2v) is 9.87. The number of aliphatic hydroxyl groups excluding tert-OH is 1. The first kappa shape index (κ1) is 25.3. The lowest BCUT2D eigenvalue weighted by Gasteiger charge is -2.39. The van der Waals surface area contributed by atoms with Crippen molar-refractivity contribution in [3.63, 3.8) is 0 Å². The molecule has 5 rings (SSSR count). The van der Waals surface area contributed by atoms with Crippen LogP contribution in [0.25, 0.3) is 11.0 Å². The predicted octanol–water partition coefficient (Wildman–Crippen LogP) is 1.11. The Kier molecular flexibility index (Phi) is 6.76. The molecule has 0 unspecified atom stereocenters. The summed E-state index contributed by atoms with van der Waals surface area (Å²) < 4.78 is 13.4. The van der Waals surface area contributed by atoms with Gasteiger partial charge < -0.3 is 24.4 Å². The molecule has 11 heteroatoms. The zero-order valence-electron chi connectivity index (χ0n) is 21.2. The fourth-order valence-corrected chi connectivity index (χ4v) is 6.41. The number of aliphatic hydroxyl groups is 1. The van der Waals surface area contributed by atoms with E-state index in [0.717, 1.165) is 5.52 Å². The number of carbonyl (C=O) groups is 3. The number of likely N-dealkylation sites (tertiary alicyclic amines) is 1. The number of hydrogen-bond donors (Lipinski definition) is 1. The van der Waals surface area contributed by atoms with Gasteiger partial charge in [0.1, 0.15) is 23.8 Å². The van der Waals surface area contributed by atoms with Crippen molar-refractivity contribution in [1.29, 1.82) is 0 Å². The Labute approximate surface area is 215 Å². The third-order valence-corrected chi connectivity index (χ3v) is 7.99. The van der Waals surface area contributed by atoms with E-state index in [1.165, 1.54) is 4.90 Å². The van der Waals surface area contributed by atoms with E-state index in [9.17, 15) is 19.5 Å². The van der Waals surface area contributed by atoms with Crippen LogP contribution in [0, 0.1) is 11.8 Å². The van der Waals surface area contributed by atoms with Crippen LogP contribution < -0.4 is 0 Å². The van der Waals surface area contributed by atoms with Gasteiger partial charge in [-0.05, 0) is 38.3 Å². The minimum absolute atomic E-state index is 0.0886. The molecule has 37 heavy (non-hydrogen) atoms. The second kappa shape index (κ2) is 9.86. The van der Waals surface area contributed by atoms with Gasteiger partial charge in [0.2, 0.25) is 11.8 Å². The van der Waals surface area contributed by atoms with Crippen LogP contribution in [0.5, 0.6) is 0 Å². The van der Waals surface area contributed by atoms with Crippen LogP contribution in [-0.4, -0.2) is 91.2 Å². The molecule has 3 saturated heterocycles. The molecule has 6 atom stereocenters. The summed E-state index contributed by atoms with van der Waals surface area (Å²) in [5, 5.41) is 18.6. The van der Waals surface area contributed by atoms with E-state index in [-0.39, 0.29) is 38.2 Å². The molecule has 2 aromatic rings. The summed E-state index contributed by atoms with van der Waals surface area (Å²) in [6, 6.07) is 5.86. The maximum absolute atomic E-state index is 14.4. The molecule has 0 radical (unpaired) electrons. The van der Waals surface area contributed by atoms with Crippen molar-refractivity contribution >= 4 is 28.8 Å². The number of amides is 2. The van der Waals surface area contributed by atoms with Crippen LogP contribution in [0.15, 0.2) is 36.9 Å². The number of esters is 1. The lowest BCUT2D eigenvalue weighted by molar-refractivity contribution is -0.156. The second-order valence-electron chi connectivity index (χ2n) is 9.87. The van der Waals surface area contributed by atoms with E-state index >= 15 is 0 Å². The van der Waals surface area contributed by atoms with Crippen molar-refractivity contribution in [2.75, 3.05) is 19.8 Å². The average molecular weight is 512 g/mol. The monoisotopic (exact) mass is 511 g/mol. The summed E-state index contributed by atoms with van der Waals surface area (Å²) in [5.41, 5.74) is 0.302. The van der Waals surface area contributed by atoms with Crippen molar-refractivity contribution in [1.82, 2.24) is 24.8 Å². The first-order chi connectivity index (χ1) is 17.9. The molecule has 198 valence electrons. The van der Waals surface area contributed by atoms with Gasteiger partial charge in [-0.3, -0.25) is 14.4 Å². The standard InChI is InChI=1S/C26H33N5O6/c1-4-13-29(15-30-18-10-8-7-9-17(18)27-28-30)24(34)22-26-12-11-19(37-26)20(25(35)36-6-3)21(26)23(33)31(22)16(5-2)14-32/h4,7-10,16,19-22,32H,1,5-6,11-15H2,2-3H3/t16-,19+,20-,21-,22+,26-/m0/s1. The molecule has 1 spiro atoms. The molecule has 4 heterocycles. The maximum atomic E-state index is 14.4. The number of aromatic nitrogens is 3. The van der Waals surface area contributed by atoms with Crippen molar-refractivity contribution < 1.29 is 29.0 Å². The van der Waals surface area contributed by atoms with Gasteiger partial charge >= 0.3 is 5.97 Å². The first-order valence-corrected chi connectivity index (χ1v) is 12.9. The normalized spacial score (nSPS) is 28.9. The van der Waals surface area contributed by atoms with E-state index in [1.54, 1.807) is 22.6 Å². The van der Waals surface area contributed by atoms with Crippen molar-refractivity contribution in [3.8, 4) is 0 Å². The molecule has 2 amide bonds. The molecule has 3 aliphatic heterocycles. The van der Waals surface area contributed by atoms with E-state index in [0.29, 0.717) is 24.8 Å². The number of fused-ring (bicyclic) bond motifs is 2. The molecular formula is C26H33N5O6. The molecule has 2 bridgehead atoms. The molecule has 0 saturated carbocycles. The highest BCUT2D eigenvalue weighted by Crippen LogP contribution is 2.59. The number of ether oxygens (including phenoxy) is 2. The number of hydrogen-bond acceptors (Lipinski definition) is 8. The molecule has 1 aromatic carbocycles. The van der Waals surface area contributed by atoms with Gasteiger partial charge in [-0.15, -0.1) is 11.7 Å². The van der Waals surface area contributed by atoms with Gasteiger partial charge in [0.25, 0.3) is 0 Å². The predicted molar refractivity (Wildman–Crippen MR) is 132 cm³/mol. The summed E-state index contributed by atoms with van der Waals surface area (Å²) in [6.07, 6.45) is 2.59. The topological polar surface area (TPSA) is 127 Å². The number of nitrogens with zero attached hydrogens (tertiary/aromatic N) is 5. The van der Waals surface area contributed by atoms with Crippen molar-refractivity contribution in [3.05, 3.63) is 36.9 Å². The highest BCUT2D eigenvalue weighted by atomic mass is 16.6. The number of para-hydroxylation sites is 1. The lowest BCUT2D eigenvalue weighted by Crippen LogP contribution is -2.58. The van der Waals surface area contributed by atoms with Crippen LogP contribution in [0.3, 0.4) is 0 Å². The van der Waals surface area contributed by atoms with Crippen LogP contribution in [0.4, 0.5) is 0 Å². The summed E-state index contributed by atoms with van der Waals surface area (Å²) in [5.74, 6) is -2.77. The van der Waals surface area contributed by atoms with E-state index < -0.39 is 41.6 Å². The number of carbonyl (C=O) groups excluding carboxylic acids is 3. The van der Waals surface area contributed by atoms with Gasteiger partial charge in [0, 0.05) is 6.54 Å². The fourth-order valence-electron chi connectivity index (χ4n) is 6.41. The highest BCUT2D eigenvalue weighted by Gasteiger charge is 2.75. The number of rotatable bonds is 10. The first-order valence-electron chi connectivity index (χ1n) is 12.9. The van der Waals surface area contributed by atoms with E-state index in [4.69, 9.17) is 9.47 Å². The molecule has 11 nitrogen and oxygen atoms in total. The van der Waals surface area contributed by atoms with Crippen molar-refractivity contribution in [2.24, 2.45) is 11.8 Å². The summed E-state index contributed by atoms with van der Waals surface area (Å²) in [7, 11) is 0. The smallest absolute Gasteiger partial charge is 0.312 e. The summed E-state index contributed by atoms with van der Waals surface area (Å²) in [6.45, 7) is 7.56. The zero-order chi connectivity index (χ0) is 26.3. The van der Waals surface area contributed by atoms with Crippen LogP contribution >= 0.6 is 0 Å². The molecule has 1 aromatic heterocycles. The van der Waals surface area contributed by atoms with Gasteiger partial charge in [0.15, 0.2) is 0 Å². The Morgan fingerprint density at radius 1 is 1.38 bits per heavy atom. The number of benzene rings is 1. The Hall–Kier alpha value is -3.31. The molecule has 1 N–H and O–H groups in total. The Morgan fingerprint density at radius 3 is 2.86 bits per heavy atom.